The van der Waals surface area contributed by atoms with Crippen LogP contribution in [0.3, 0.4) is 0 Å². The maximum absolute atomic E-state index is 13.0. The summed E-state index contributed by atoms with van der Waals surface area (Å²) in [6.07, 6.45) is 4.00. The molecule has 1 aliphatic rings. The van der Waals surface area contributed by atoms with Gasteiger partial charge in [0.15, 0.2) is 0 Å². The van der Waals surface area contributed by atoms with Gasteiger partial charge >= 0.3 is 0 Å². The zero-order chi connectivity index (χ0) is 9.53. The van der Waals surface area contributed by atoms with Gasteiger partial charge in [-0.15, -0.1) is 0 Å². The summed E-state index contributed by atoms with van der Waals surface area (Å²) in [6.45, 7) is -0.0846. The van der Waals surface area contributed by atoms with Crippen LogP contribution in [0.25, 0.3) is 0 Å². The van der Waals surface area contributed by atoms with Crippen LogP contribution in [-0.2, 0) is 5.41 Å². The molecule has 0 radical (unpaired) electrons. The first-order valence-corrected chi connectivity index (χ1v) is 3.97. The van der Waals surface area contributed by atoms with Gasteiger partial charge in [0.05, 0.1) is 11.1 Å². The van der Waals surface area contributed by atoms with Crippen molar-refractivity contribution in [2.45, 2.75) is 17.8 Å². The minimum Gasteiger partial charge on any atom is -0.329 e. The third kappa shape index (κ3) is 1.03. The van der Waals surface area contributed by atoms with E-state index in [9.17, 15) is 8.78 Å². The highest BCUT2D eigenvalue weighted by Gasteiger charge is 2.72. The van der Waals surface area contributed by atoms with Crippen LogP contribution in [0.1, 0.15) is 12.1 Å². The van der Waals surface area contributed by atoms with E-state index in [0.29, 0.717) is 5.69 Å². The summed E-state index contributed by atoms with van der Waals surface area (Å²) < 4.78 is 26.0. The van der Waals surface area contributed by atoms with Crippen molar-refractivity contribution in [1.82, 2.24) is 9.97 Å². The molecule has 0 aromatic carbocycles. The van der Waals surface area contributed by atoms with Crippen molar-refractivity contribution in [3.8, 4) is 0 Å². The minimum atomic E-state index is -2.71. The molecular weight excluding hydrogens is 176 g/mol. The predicted octanol–water partition coefficient (Wildman–Crippen LogP) is 0.712. The SMILES string of the molecule is NCC1(c2cnccn2)CC1(F)F. The molecule has 0 aliphatic heterocycles. The van der Waals surface area contributed by atoms with E-state index < -0.39 is 11.3 Å². The van der Waals surface area contributed by atoms with Gasteiger partial charge in [-0.3, -0.25) is 9.97 Å². The molecule has 13 heavy (non-hydrogen) atoms. The Labute approximate surface area is 74.0 Å². The van der Waals surface area contributed by atoms with Gasteiger partial charge in [-0.2, -0.15) is 0 Å². The zero-order valence-electron chi connectivity index (χ0n) is 6.87. The fourth-order valence-electron chi connectivity index (χ4n) is 1.49. The highest BCUT2D eigenvalue weighted by atomic mass is 19.3. The van der Waals surface area contributed by atoms with Crippen LogP contribution in [-0.4, -0.2) is 22.4 Å². The van der Waals surface area contributed by atoms with E-state index in [4.69, 9.17) is 5.73 Å². The van der Waals surface area contributed by atoms with Gasteiger partial charge in [0.1, 0.15) is 0 Å². The van der Waals surface area contributed by atoms with Crippen LogP contribution in [0.2, 0.25) is 0 Å². The van der Waals surface area contributed by atoms with E-state index in [1.165, 1.54) is 18.6 Å². The summed E-state index contributed by atoms with van der Waals surface area (Å²) in [7, 11) is 0. The molecule has 1 atom stereocenters. The number of halogens is 2. The molecule has 2 N–H and O–H groups in total. The van der Waals surface area contributed by atoms with E-state index in [1.54, 1.807) is 0 Å². The Kier molecular flexibility index (Phi) is 1.60. The Hall–Kier alpha value is -1.10. The average Bonchev–Trinajstić information content (AvgIpc) is 2.72. The number of nitrogens with two attached hydrogens (primary N) is 1. The number of alkyl halides is 2. The molecule has 1 unspecified atom stereocenters. The van der Waals surface area contributed by atoms with Crippen LogP contribution in [0.4, 0.5) is 8.78 Å². The van der Waals surface area contributed by atoms with Crippen molar-refractivity contribution >= 4 is 0 Å². The Balaban J connectivity index is 2.37. The van der Waals surface area contributed by atoms with Crippen LogP contribution >= 0.6 is 0 Å². The molecule has 1 saturated carbocycles. The molecule has 0 saturated heterocycles. The Morgan fingerprint density at radius 1 is 1.46 bits per heavy atom. The number of rotatable bonds is 2. The van der Waals surface area contributed by atoms with Crippen LogP contribution in [0.5, 0.6) is 0 Å². The number of nitrogens with zero attached hydrogens (tertiary/aromatic N) is 2. The summed E-state index contributed by atoms with van der Waals surface area (Å²) in [6, 6.07) is 0. The van der Waals surface area contributed by atoms with Crippen molar-refractivity contribution < 1.29 is 8.78 Å². The van der Waals surface area contributed by atoms with Gasteiger partial charge in [-0.05, 0) is 0 Å². The van der Waals surface area contributed by atoms with Gasteiger partial charge in [-0.25, -0.2) is 8.78 Å². The van der Waals surface area contributed by atoms with E-state index in [2.05, 4.69) is 9.97 Å². The minimum absolute atomic E-state index is 0.0846. The summed E-state index contributed by atoms with van der Waals surface area (Å²) in [4.78, 5) is 7.61. The Morgan fingerprint density at radius 2 is 2.15 bits per heavy atom. The first kappa shape index (κ1) is 8.50. The molecule has 0 spiro atoms. The van der Waals surface area contributed by atoms with Gasteiger partial charge < -0.3 is 5.73 Å². The van der Waals surface area contributed by atoms with Gasteiger partial charge in [0, 0.05) is 31.6 Å². The predicted molar refractivity (Wildman–Crippen MR) is 42.3 cm³/mol. The molecule has 1 heterocycles. The highest BCUT2D eigenvalue weighted by Crippen LogP contribution is 2.60. The number of hydrogen-bond acceptors (Lipinski definition) is 3. The van der Waals surface area contributed by atoms with E-state index in [1.807, 2.05) is 0 Å². The third-order valence-corrected chi connectivity index (χ3v) is 2.50. The molecule has 1 aromatic rings. The molecular formula is C8H9F2N3. The first-order valence-electron chi connectivity index (χ1n) is 3.97. The van der Waals surface area contributed by atoms with Crippen molar-refractivity contribution in [1.29, 1.82) is 0 Å². The summed E-state index contributed by atoms with van der Waals surface area (Å²) in [5.74, 6) is -2.71. The second-order valence-corrected chi connectivity index (χ2v) is 3.26. The molecule has 70 valence electrons. The van der Waals surface area contributed by atoms with Crippen LogP contribution in [0, 0.1) is 0 Å². The van der Waals surface area contributed by atoms with E-state index >= 15 is 0 Å². The van der Waals surface area contributed by atoms with Gasteiger partial charge in [-0.1, -0.05) is 0 Å². The lowest BCUT2D eigenvalue weighted by atomic mass is 10.0. The third-order valence-electron chi connectivity index (χ3n) is 2.50. The molecule has 2 rings (SSSR count). The smallest absolute Gasteiger partial charge is 0.261 e. The lowest BCUT2D eigenvalue weighted by molar-refractivity contribution is 0.0885. The normalized spacial score (nSPS) is 30.1. The maximum atomic E-state index is 13.0. The molecule has 1 fully saturated rings. The number of aromatic nitrogens is 2. The van der Waals surface area contributed by atoms with E-state index in [0.717, 1.165) is 0 Å². The molecule has 0 amide bonds. The molecule has 3 nitrogen and oxygen atoms in total. The largest absolute Gasteiger partial charge is 0.329 e. The lowest BCUT2D eigenvalue weighted by Crippen LogP contribution is -2.27. The summed E-state index contributed by atoms with van der Waals surface area (Å²) in [5.41, 5.74) is 4.37. The van der Waals surface area contributed by atoms with Crippen molar-refractivity contribution in [2.24, 2.45) is 5.73 Å². The molecule has 1 aromatic heterocycles. The number of hydrogen-bond donors (Lipinski definition) is 1. The standard InChI is InChI=1S/C8H9F2N3/c9-8(10)4-7(8,5-11)6-3-12-1-2-13-6/h1-3H,4-5,11H2. The molecule has 1 aliphatic carbocycles. The second kappa shape index (κ2) is 2.45. The molecule has 0 bridgehead atoms. The zero-order valence-corrected chi connectivity index (χ0v) is 6.87. The monoisotopic (exact) mass is 185 g/mol. The van der Waals surface area contributed by atoms with Crippen LogP contribution < -0.4 is 5.73 Å². The van der Waals surface area contributed by atoms with Gasteiger partial charge in [0.2, 0.25) is 0 Å². The maximum Gasteiger partial charge on any atom is 0.261 e. The summed E-state index contributed by atoms with van der Waals surface area (Å²) in [5, 5.41) is 0. The fraction of sp³-hybridized carbons (Fsp3) is 0.500. The second-order valence-electron chi connectivity index (χ2n) is 3.26. The van der Waals surface area contributed by atoms with Crippen molar-refractivity contribution in [3.63, 3.8) is 0 Å². The van der Waals surface area contributed by atoms with Crippen molar-refractivity contribution in [3.05, 3.63) is 24.3 Å². The quantitative estimate of drug-likeness (QED) is 0.738. The van der Waals surface area contributed by atoms with Crippen LogP contribution in [0.15, 0.2) is 18.6 Å². The Morgan fingerprint density at radius 3 is 2.54 bits per heavy atom. The van der Waals surface area contributed by atoms with Gasteiger partial charge in [0.25, 0.3) is 5.92 Å². The first-order chi connectivity index (χ1) is 6.12. The lowest BCUT2D eigenvalue weighted by Gasteiger charge is -2.11. The summed E-state index contributed by atoms with van der Waals surface area (Å²) >= 11 is 0. The Bertz CT molecular complexity index is 314. The fourth-order valence-corrected chi connectivity index (χ4v) is 1.49. The topological polar surface area (TPSA) is 51.8 Å². The van der Waals surface area contributed by atoms with E-state index in [-0.39, 0.29) is 13.0 Å². The average molecular weight is 185 g/mol. The highest BCUT2D eigenvalue weighted by molar-refractivity contribution is 5.31. The van der Waals surface area contributed by atoms with Crippen molar-refractivity contribution in [2.75, 3.05) is 6.54 Å². The molecule has 5 heteroatoms.